The molecule has 2 heterocycles. The molecule has 2 rings (SSSR count). The zero-order valence-corrected chi connectivity index (χ0v) is 9.61. The normalized spacial score (nSPS) is 18.6. The Morgan fingerprint density at radius 1 is 1.50 bits per heavy atom. The summed E-state index contributed by atoms with van der Waals surface area (Å²) >= 11 is 7.41. The molecule has 1 aromatic rings. The van der Waals surface area contributed by atoms with Crippen molar-refractivity contribution in [3.8, 4) is 0 Å². The molecule has 14 heavy (non-hydrogen) atoms. The lowest BCUT2D eigenvalue weighted by atomic mass is 9.98. The predicted molar refractivity (Wildman–Crippen MR) is 59.3 cm³/mol. The molecule has 0 saturated carbocycles. The standard InChI is InChI=1S/C10H14ClNOS/c11-4-1-10-12-9(7-14-10)8-2-5-13-6-3-8/h7-8H,1-6H2. The topological polar surface area (TPSA) is 22.1 Å². The number of aryl methyl sites for hydroxylation is 1. The van der Waals surface area contributed by atoms with Gasteiger partial charge in [-0.3, -0.25) is 0 Å². The number of rotatable bonds is 3. The van der Waals surface area contributed by atoms with Gasteiger partial charge < -0.3 is 4.74 Å². The first-order valence-electron chi connectivity index (χ1n) is 4.98. The summed E-state index contributed by atoms with van der Waals surface area (Å²) in [5.41, 5.74) is 1.25. The van der Waals surface area contributed by atoms with Crippen LogP contribution in [0.25, 0.3) is 0 Å². The molecule has 2 nitrogen and oxygen atoms in total. The molecule has 0 radical (unpaired) electrons. The molecule has 0 atom stereocenters. The van der Waals surface area contributed by atoms with E-state index in [1.165, 1.54) is 10.7 Å². The molecule has 4 heteroatoms. The Hall–Kier alpha value is -0.120. The van der Waals surface area contributed by atoms with Gasteiger partial charge in [0.25, 0.3) is 0 Å². The van der Waals surface area contributed by atoms with E-state index in [1.807, 2.05) is 0 Å². The number of ether oxygens (including phenoxy) is 1. The summed E-state index contributed by atoms with van der Waals surface area (Å²) in [7, 11) is 0. The van der Waals surface area contributed by atoms with Gasteiger partial charge in [-0.15, -0.1) is 22.9 Å². The zero-order chi connectivity index (χ0) is 9.80. The van der Waals surface area contributed by atoms with Crippen LogP contribution in [-0.2, 0) is 11.2 Å². The van der Waals surface area contributed by atoms with Crippen molar-refractivity contribution in [1.29, 1.82) is 0 Å². The second-order valence-corrected chi connectivity index (χ2v) is 4.81. The third-order valence-electron chi connectivity index (χ3n) is 2.52. The number of aromatic nitrogens is 1. The number of nitrogens with zero attached hydrogens (tertiary/aromatic N) is 1. The van der Waals surface area contributed by atoms with Crippen molar-refractivity contribution in [2.24, 2.45) is 0 Å². The van der Waals surface area contributed by atoms with Crippen LogP contribution in [0.5, 0.6) is 0 Å². The highest BCUT2D eigenvalue weighted by Gasteiger charge is 2.18. The Bertz CT molecular complexity index is 283. The highest BCUT2D eigenvalue weighted by atomic mass is 35.5. The second-order valence-electron chi connectivity index (χ2n) is 3.49. The fourth-order valence-corrected chi connectivity index (χ4v) is 2.87. The van der Waals surface area contributed by atoms with Crippen molar-refractivity contribution in [2.75, 3.05) is 19.1 Å². The van der Waals surface area contributed by atoms with E-state index in [0.717, 1.165) is 32.5 Å². The third-order valence-corrected chi connectivity index (χ3v) is 3.63. The molecule has 0 aromatic carbocycles. The lowest BCUT2D eigenvalue weighted by molar-refractivity contribution is 0.0846. The van der Waals surface area contributed by atoms with Gasteiger partial charge in [0.05, 0.1) is 10.7 Å². The van der Waals surface area contributed by atoms with Crippen LogP contribution in [0.1, 0.15) is 29.5 Å². The van der Waals surface area contributed by atoms with E-state index >= 15 is 0 Å². The van der Waals surface area contributed by atoms with E-state index in [-0.39, 0.29) is 0 Å². The van der Waals surface area contributed by atoms with Gasteiger partial charge in [0, 0.05) is 36.8 Å². The average Bonchev–Trinajstić information content (AvgIpc) is 2.68. The Kier molecular flexibility index (Phi) is 3.79. The maximum atomic E-state index is 5.68. The van der Waals surface area contributed by atoms with Gasteiger partial charge >= 0.3 is 0 Å². The SMILES string of the molecule is ClCCc1nc(C2CCOCC2)cs1. The van der Waals surface area contributed by atoms with Crippen molar-refractivity contribution >= 4 is 22.9 Å². The van der Waals surface area contributed by atoms with Crippen LogP contribution >= 0.6 is 22.9 Å². The van der Waals surface area contributed by atoms with Crippen molar-refractivity contribution in [1.82, 2.24) is 4.98 Å². The summed E-state index contributed by atoms with van der Waals surface area (Å²) in [5, 5.41) is 3.35. The van der Waals surface area contributed by atoms with E-state index in [0.29, 0.717) is 11.8 Å². The van der Waals surface area contributed by atoms with E-state index in [1.54, 1.807) is 11.3 Å². The van der Waals surface area contributed by atoms with Crippen molar-refractivity contribution in [3.63, 3.8) is 0 Å². The lowest BCUT2D eigenvalue weighted by Crippen LogP contribution is -2.14. The first kappa shape index (κ1) is 10.4. The molecular weight excluding hydrogens is 218 g/mol. The van der Waals surface area contributed by atoms with E-state index in [2.05, 4.69) is 10.4 Å². The second kappa shape index (κ2) is 5.10. The Balaban J connectivity index is 2.00. The zero-order valence-electron chi connectivity index (χ0n) is 8.04. The number of hydrogen-bond donors (Lipinski definition) is 0. The van der Waals surface area contributed by atoms with Gasteiger partial charge in [-0.2, -0.15) is 0 Å². The maximum Gasteiger partial charge on any atom is 0.0940 e. The molecule has 0 unspecified atom stereocenters. The summed E-state index contributed by atoms with van der Waals surface area (Å²) in [6.45, 7) is 1.76. The van der Waals surface area contributed by atoms with E-state index in [9.17, 15) is 0 Å². The maximum absolute atomic E-state index is 5.68. The Morgan fingerprint density at radius 2 is 2.29 bits per heavy atom. The fraction of sp³-hybridized carbons (Fsp3) is 0.700. The highest BCUT2D eigenvalue weighted by Crippen LogP contribution is 2.27. The van der Waals surface area contributed by atoms with E-state index in [4.69, 9.17) is 16.3 Å². The van der Waals surface area contributed by atoms with Crippen molar-refractivity contribution in [3.05, 3.63) is 16.1 Å². The molecule has 1 aromatic heterocycles. The van der Waals surface area contributed by atoms with E-state index < -0.39 is 0 Å². The first-order valence-corrected chi connectivity index (χ1v) is 6.39. The molecule has 0 N–H and O–H groups in total. The van der Waals surface area contributed by atoms with Gasteiger partial charge in [0.1, 0.15) is 0 Å². The van der Waals surface area contributed by atoms with Crippen molar-refractivity contribution < 1.29 is 4.74 Å². The lowest BCUT2D eigenvalue weighted by Gasteiger charge is -2.19. The summed E-state index contributed by atoms with van der Waals surface area (Å²) in [5.74, 6) is 1.28. The van der Waals surface area contributed by atoms with Gasteiger partial charge in [0.15, 0.2) is 0 Å². The van der Waals surface area contributed by atoms with Gasteiger partial charge in [-0.25, -0.2) is 4.98 Å². The molecule has 78 valence electrons. The van der Waals surface area contributed by atoms with Crippen LogP contribution in [0.4, 0.5) is 0 Å². The first-order chi connectivity index (χ1) is 6.90. The summed E-state index contributed by atoms with van der Waals surface area (Å²) < 4.78 is 5.33. The summed E-state index contributed by atoms with van der Waals surface area (Å²) in [6, 6.07) is 0. The molecule has 0 spiro atoms. The number of hydrogen-bond acceptors (Lipinski definition) is 3. The number of alkyl halides is 1. The highest BCUT2D eigenvalue weighted by molar-refractivity contribution is 7.09. The van der Waals surface area contributed by atoms with Crippen LogP contribution in [-0.4, -0.2) is 24.1 Å². The van der Waals surface area contributed by atoms with Crippen LogP contribution in [0.15, 0.2) is 5.38 Å². The van der Waals surface area contributed by atoms with Crippen LogP contribution in [0, 0.1) is 0 Å². The monoisotopic (exact) mass is 231 g/mol. The van der Waals surface area contributed by atoms with Crippen LogP contribution in [0.2, 0.25) is 0 Å². The molecule has 1 fully saturated rings. The minimum atomic E-state index is 0.615. The minimum absolute atomic E-state index is 0.615. The predicted octanol–water partition coefficient (Wildman–Crippen LogP) is 2.82. The number of thiazole rings is 1. The van der Waals surface area contributed by atoms with Gasteiger partial charge in [0.2, 0.25) is 0 Å². The molecule has 1 aliphatic heterocycles. The summed E-state index contributed by atoms with van der Waals surface area (Å²) in [4.78, 5) is 4.60. The van der Waals surface area contributed by atoms with Crippen LogP contribution < -0.4 is 0 Å². The molecule has 0 aliphatic carbocycles. The van der Waals surface area contributed by atoms with Crippen LogP contribution in [0.3, 0.4) is 0 Å². The fourth-order valence-electron chi connectivity index (χ4n) is 1.70. The quantitative estimate of drug-likeness (QED) is 0.747. The number of halogens is 1. The summed E-state index contributed by atoms with van der Waals surface area (Å²) in [6.07, 6.45) is 3.13. The molecule has 0 amide bonds. The Labute approximate surface area is 93.3 Å². The molecule has 0 bridgehead atoms. The Morgan fingerprint density at radius 3 is 3.00 bits per heavy atom. The molecular formula is C10H14ClNOS. The van der Waals surface area contributed by atoms with Crippen molar-refractivity contribution in [2.45, 2.75) is 25.2 Å². The smallest absolute Gasteiger partial charge is 0.0940 e. The van der Waals surface area contributed by atoms with Gasteiger partial charge in [-0.1, -0.05) is 0 Å². The van der Waals surface area contributed by atoms with Gasteiger partial charge in [-0.05, 0) is 12.8 Å². The average molecular weight is 232 g/mol. The molecule has 1 saturated heterocycles. The minimum Gasteiger partial charge on any atom is -0.381 e. The molecule has 1 aliphatic rings. The third kappa shape index (κ3) is 2.47. The largest absolute Gasteiger partial charge is 0.381 e.